The molecular weight excluding hydrogens is 358 g/mol. The Morgan fingerprint density at radius 1 is 0.962 bits per heavy atom. The zero-order valence-electron chi connectivity index (χ0n) is 14.5. The molecule has 0 saturated carbocycles. The van der Waals surface area contributed by atoms with Crippen LogP contribution >= 0.6 is 0 Å². The summed E-state index contributed by atoms with van der Waals surface area (Å²) in [6, 6.07) is 10.8. The molecule has 0 spiro atoms. The lowest BCUT2D eigenvalue weighted by molar-refractivity contribution is -0.143. The van der Waals surface area contributed by atoms with Gasteiger partial charge in [0.15, 0.2) is 0 Å². The third-order valence-corrected chi connectivity index (χ3v) is 4.74. The van der Waals surface area contributed by atoms with Crippen LogP contribution in [0.2, 0.25) is 0 Å². The molecule has 0 amide bonds. The molecule has 0 aliphatic heterocycles. The van der Waals surface area contributed by atoms with Gasteiger partial charge in [-0.1, -0.05) is 0 Å². The first kappa shape index (κ1) is 19.5. The van der Waals surface area contributed by atoms with Crippen LogP contribution in [0.1, 0.15) is 31.1 Å². The summed E-state index contributed by atoms with van der Waals surface area (Å²) in [6.45, 7) is 5.15. The van der Waals surface area contributed by atoms with Crippen LogP contribution in [-0.4, -0.2) is 25.5 Å². The highest BCUT2D eigenvalue weighted by Crippen LogP contribution is 2.22. The molecule has 0 radical (unpaired) electrons. The number of carboxylic acids is 1. The monoisotopic (exact) mass is 377 g/mol. The van der Waals surface area contributed by atoms with E-state index < -0.39 is 27.4 Å². The topological polar surface area (TPSA) is 110 Å². The van der Waals surface area contributed by atoms with E-state index in [-0.39, 0.29) is 21.9 Å². The summed E-state index contributed by atoms with van der Waals surface area (Å²) in [5.74, 6) is -1.28. The van der Waals surface area contributed by atoms with E-state index in [2.05, 4.69) is 4.72 Å². The van der Waals surface area contributed by atoms with Crippen molar-refractivity contribution in [2.75, 3.05) is 4.72 Å². The van der Waals surface area contributed by atoms with Gasteiger partial charge in [-0.2, -0.15) is 0 Å². The number of nitrogens with one attached hydrogen (secondary N) is 1. The van der Waals surface area contributed by atoms with Crippen LogP contribution in [0.15, 0.2) is 53.4 Å². The summed E-state index contributed by atoms with van der Waals surface area (Å²) >= 11 is 0. The summed E-state index contributed by atoms with van der Waals surface area (Å²) in [7, 11) is -3.86. The van der Waals surface area contributed by atoms with Gasteiger partial charge in [0.2, 0.25) is 0 Å². The van der Waals surface area contributed by atoms with E-state index in [0.717, 1.165) is 0 Å². The molecular formula is C18H19NO6S. The van der Waals surface area contributed by atoms with Gasteiger partial charge in [-0.05, 0) is 69.3 Å². The fraction of sp³-hybridized carbons (Fsp3) is 0.222. The fourth-order valence-electron chi connectivity index (χ4n) is 1.84. The highest BCUT2D eigenvalue weighted by Gasteiger charge is 2.24. The quantitative estimate of drug-likeness (QED) is 0.612. The number of benzene rings is 2. The zero-order chi connectivity index (χ0) is 19.5. The Kier molecular flexibility index (Phi) is 5.36. The lowest BCUT2D eigenvalue weighted by Gasteiger charge is -2.16. The first-order valence-corrected chi connectivity index (χ1v) is 9.16. The maximum Gasteiger partial charge on any atom is 0.335 e. The summed E-state index contributed by atoms with van der Waals surface area (Å²) in [5, 5.41) is 8.85. The minimum Gasteiger partial charge on any atom is -0.478 e. The molecule has 26 heavy (non-hydrogen) atoms. The number of carbonyl (C=O) groups excluding carboxylic acids is 1. The second kappa shape index (κ2) is 7.17. The molecule has 0 unspecified atom stereocenters. The van der Waals surface area contributed by atoms with E-state index in [0.29, 0.717) is 0 Å². The van der Waals surface area contributed by atoms with E-state index in [1.165, 1.54) is 48.5 Å². The molecule has 0 bridgehead atoms. The van der Waals surface area contributed by atoms with E-state index in [1.54, 1.807) is 20.8 Å². The molecule has 138 valence electrons. The molecule has 2 aromatic rings. The summed E-state index contributed by atoms with van der Waals surface area (Å²) < 4.78 is 32.3. The van der Waals surface area contributed by atoms with Crippen LogP contribution in [-0.2, 0) is 14.8 Å². The van der Waals surface area contributed by atoms with Crippen molar-refractivity contribution in [2.45, 2.75) is 25.7 Å². The van der Waals surface area contributed by atoms with Crippen molar-refractivity contribution in [3.8, 4) is 5.75 Å². The molecule has 8 heteroatoms. The van der Waals surface area contributed by atoms with E-state index in [1.807, 2.05) is 0 Å². The van der Waals surface area contributed by atoms with Crippen molar-refractivity contribution in [3.63, 3.8) is 0 Å². The standard InChI is InChI=1S/C18H19NO6S/c1-18(2,3)17(22)25-14-8-10-15(11-9-14)26(23,24)19-13-6-4-12(5-7-13)16(20)21/h4-11,19H,1-3H3,(H,20,21). The predicted molar refractivity (Wildman–Crippen MR) is 95.7 cm³/mol. The second-order valence-electron chi connectivity index (χ2n) is 6.60. The average Bonchev–Trinajstić information content (AvgIpc) is 2.54. The van der Waals surface area contributed by atoms with Crippen LogP contribution in [0.5, 0.6) is 5.75 Å². The Morgan fingerprint density at radius 2 is 1.50 bits per heavy atom. The predicted octanol–water partition coefficient (Wildman–Crippen LogP) is 3.14. The summed E-state index contributed by atoms with van der Waals surface area (Å²) in [6.07, 6.45) is 0. The van der Waals surface area contributed by atoms with Crippen molar-refractivity contribution >= 4 is 27.6 Å². The first-order chi connectivity index (χ1) is 12.0. The molecule has 0 atom stereocenters. The van der Waals surface area contributed by atoms with E-state index >= 15 is 0 Å². The number of esters is 1. The number of carboxylic acid groups (broad SMARTS) is 1. The third kappa shape index (κ3) is 4.82. The van der Waals surface area contributed by atoms with Crippen LogP contribution in [0, 0.1) is 5.41 Å². The molecule has 2 rings (SSSR count). The Labute approximate surface area is 151 Å². The first-order valence-electron chi connectivity index (χ1n) is 7.67. The van der Waals surface area contributed by atoms with Crippen LogP contribution in [0.4, 0.5) is 5.69 Å². The molecule has 2 aromatic carbocycles. The zero-order valence-corrected chi connectivity index (χ0v) is 15.3. The van der Waals surface area contributed by atoms with Crippen molar-refractivity contribution < 1.29 is 27.9 Å². The largest absolute Gasteiger partial charge is 0.478 e. The van der Waals surface area contributed by atoms with Gasteiger partial charge >= 0.3 is 11.9 Å². The summed E-state index contributed by atoms with van der Waals surface area (Å²) in [4.78, 5) is 22.6. The number of hydrogen-bond donors (Lipinski definition) is 2. The van der Waals surface area contributed by atoms with E-state index in [9.17, 15) is 18.0 Å². The van der Waals surface area contributed by atoms with Gasteiger partial charge < -0.3 is 9.84 Å². The maximum absolute atomic E-state index is 12.4. The Morgan fingerprint density at radius 3 is 1.96 bits per heavy atom. The minimum atomic E-state index is -3.86. The Hall–Kier alpha value is -2.87. The highest BCUT2D eigenvalue weighted by molar-refractivity contribution is 7.92. The molecule has 2 N–H and O–H groups in total. The number of sulfonamides is 1. The average molecular weight is 377 g/mol. The molecule has 0 heterocycles. The molecule has 0 saturated heterocycles. The fourth-order valence-corrected chi connectivity index (χ4v) is 2.90. The maximum atomic E-state index is 12.4. The normalized spacial score (nSPS) is 11.7. The van der Waals surface area contributed by atoms with Gasteiger partial charge in [-0.3, -0.25) is 9.52 Å². The number of anilines is 1. The number of carbonyl (C=O) groups is 2. The van der Waals surface area contributed by atoms with Crippen LogP contribution in [0.25, 0.3) is 0 Å². The number of ether oxygens (including phenoxy) is 1. The van der Waals surface area contributed by atoms with Gasteiger partial charge in [0.1, 0.15) is 5.75 Å². The number of hydrogen-bond acceptors (Lipinski definition) is 5. The van der Waals surface area contributed by atoms with Crippen molar-refractivity contribution in [3.05, 3.63) is 54.1 Å². The Balaban J connectivity index is 2.14. The smallest absolute Gasteiger partial charge is 0.335 e. The minimum absolute atomic E-state index is 0.0182. The lowest BCUT2D eigenvalue weighted by atomic mass is 9.97. The molecule has 7 nitrogen and oxygen atoms in total. The number of aromatic carboxylic acids is 1. The van der Waals surface area contributed by atoms with Gasteiger partial charge in [-0.15, -0.1) is 0 Å². The van der Waals surface area contributed by atoms with Gasteiger partial charge in [0.05, 0.1) is 15.9 Å². The van der Waals surface area contributed by atoms with Gasteiger partial charge in [0, 0.05) is 5.69 Å². The molecule has 0 aromatic heterocycles. The SMILES string of the molecule is CC(C)(C)C(=O)Oc1ccc(S(=O)(=O)Nc2ccc(C(=O)O)cc2)cc1. The number of rotatable bonds is 5. The lowest BCUT2D eigenvalue weighted by Crippen LogP contribution is -2.25. The van der Waals surface area contributed by atoms with Gasteiger partial charge in [0.25, 0.3) is 10.0 Å². The second-order valence-corrected chi connectivity index (χ2v) is 8.28. The molecule has 0 aliphatic carbocycles. The van der Waals surface area contributed by atoms with Crippen molar-refractivity contribution in [1.82, 2.24) is 0 Å². The van der Waals surface area contributed by atoms with Gasteiger partial charge in [-0.25, -0.2) is 13.2 Å². The van der Waals surface area contributed by atoms with E-state index in [4.69, 9.17) is 9.84 Å². The molecule has 0 aliphatic rings. The van der Waals surface area contributed by atoms with Crippen LogP contribution in [0.3, 0.4) is 0 Å². The summed E-state index contributed by atoms with van der Waals surface area (Å²) in [5.41, 5.74) is -0.384. The van der Waals surface area contributed by atoms with Crippen molar-refractivity contribution in [1.29, 1.82) is 0 Å². The highest BCUT2D eigenvalue weighted by atomic mass is 32.2. The van der Waals surface area contributed by atoms with Crippen LogP contribution < -0.4 is 9.46 Å². The Bertz CT molecular complexity index is 910. The molecule has 0 fully saturated rings. The third-order valence-electron chi connectivity index (χ3n) is 3.34. The van der Waals surface area contributed by atoms with Crippen molar-refractivity contribution in [2.24, 2.45) is 5.41 Å².